The van der Waals surface area contributed by atoms with Gasteiger partial charge in [-0.2, -0.15) is 0 Å². The monoisotopic (exact) mass is 319 g/mol. The molecule has 0 amide bonds. The minimum Gasteiger partial charge on any atom is -0.295 e. The van der Waals surface area contributed by atoms with Crippen molar-refractivity contribution in [2.45, 2.75) is 12.8 Å². The number of hydrogen-bond acceptors (Lipinski definition) is 3. The Morgan fingerprint density at radius 2 is 1.54 bits per heavy atom. The van der Waals surface area contributed by atoms with E-state index in [1.165, 1.54) is 5.39 Å². The van der Waals surface area contributed by atoms with E-state index in [1.807, 2.05) is 60.8 Å². The first-order chi connectivity index (χ1) is 11.8. The first-order valence-corrected chi connectivity index (χ1v) is 7.61. The highest BCUT2D eigenvalue weighted by molar-refractivity contribution is 6.24. The van der Waals surface area contributed by atoms with Gasteiger partial charge >= 0.3 is 0 Å². The van der Waals surface area contributed by atoms with Crippen molar-refractivity contribution < 1.29 is 9.59 Å². The molecule has 0 bridgehead atoms. The number of Topliss-reactive ketones (excluding diaryl/α,β-unsaturated/α-hetero) is 1. The topological polar surface area (TPSA) is 47.0 Å². The molecule has 0 aliphatic rings. The van der Waals surface area contributed by atoms with E-state index in [4.69, 9.17) is 0 Å². The van der Waals surface area contributed by atoms with Gasteiger partial charge in [-0.3, -0.25) is 14.6 Å². The van der Waals surface area contributed by atoms with Crippen LogP contribution in [0.25, 0.3) is 10.9 Å². The van der Waals surface area contributed by atoms with E-state index in [-0.39, 0.29) is 5.78 Å². The van der Waals surface area contributed by atoms with Crippen LogP contribution in [0.2, 0.25) is 0 Å². The maximum atomic E-state index is 10.6. The number of benzene rings is 2. The van der Waals surface area contributed by atoms with Gasteiger partial charge in [0.1, 0.15) is 0 Å². The largest absolute Gasteiger partial charge is 0.295 e. The standard InChI is InChI=1S/C10H10O2.C9H7N.C2H4/c11-8-10(12)7-6-9-4-2-1-3-5-9;1-2-6-9-8(4-1)5-3-7-10-9;1-2/h1-5,8H,6-7H2;1-7H;1-2H2. The van der Waals surface area contributed by atoms with Gasteiger partial charge in [-0.05, 0) is 24.1 Å². The molecule has 2 aromatic carbocycles. The quantitative estimate of drug-likeness (QED) is 0.406. The Morgan fingerprint density at radius 1 is 0.917 bits per heavy atom. The number of ketones is 1. The molecule has 3 heteroatoms. The Bertz CT molecular complexity index is 688. The molecule has 3 nitrogen and oxygen atoms in total. The molecule has 1 heterocycles. The van der Waals surface area contributed by atoms with Crippen molar-refractivity contribution in [3.63, 3.8) is 0 Å². The fourth-order valence-corrected chi connectivity index (χ4v) is 1.99. The molecule has 3 aromatic rings. The SMILES string of the molecule is C=C.O=CC(=O)CCc1ccccc1.c1ccc2ncccc2c1. The van der Waals surface area contributed by atoms with Gasteiger partial charge in [-0.25, -0.2) is 0 Å². The van der Waals surface area contributed by atoms with Crippen LogP contribution >= 0.6 is 0 Å². The lowest BCUT2D eigenvalue weighted by molar-refractivity contribution is -0.129. The van der Waals surface area contributed by atoms with Gasteiger partial charge in [0, 0.05) is 18.0 Å². The van der Waals surface area contributed by atoms with Gasteiger partial charge < -0.3 is 0 Å². The molecule has 0 radical (unpaired) electrons. The Hall–Kier alpha value is -3.07. The summed E-state index contributed by atoms with van der Waals surface area (Å²) < 4.78 is 0. The van der Waals surface area contributed by atoms with E-state index in [9.17, 15) is 9.59 Å². The molecule has 24 heavy (non-hydrogen) atoms. The minimum absolute atomic E-state index is 0.313. The van der Waals surface area contributed by atoms with Crippen LogP contribution in [0.4, 0.5) is 0 Å². The van der Waals surface area contributed by atoms with Gasteiger partial charge in [0.15, 0.2) is 12.1 Å². The zero-order valence-electron chi connectivity index (χ0n) is 13.6. The number of aldehydes is 1. The summed E-state index contributed by atoms with van der Waals surface area (Å²) in [7, 11) is 0. The lowest BCUT2D eigenvalue weighted by atomic mass is 10.1. The molecule has 0 fully saturated rings. The highest BCUT2D eigenvalue weighted by Crippen LogP contribution is 2.07. The average Bonchev–Trinajstić information content (AvgIpc) is 2.69. The number of para-hydroxylation sites is 1. The second-order valence-electron chi connectivity index (χ2n) is 4.77. The van der Waals surface area contributed by atoms with Gasteiger partial charge in [-0.1, -0.05) is 54.6 Å². The smallest absolute Gasteiger partial charge is 0.195 e. The number of rotatable bonds is 4. The molecule has 0 aliphatic heterocycles. The molecular weight excluding hydrogens is 298 g/mol. The Balaban J connectivity index is 0.000000220. The molecule has 0 N–H and O–H groups in total. The second-order valence-corrected chi connectivity index (χ2v) is 4.77. The Morgan fingerprint density at radius 3 is 2.21 bits per heavy atom. The van der Waals surface area contributed by atoms with Crippen molar-refractivity contribution in [1.82, 2.24) is 4.98 Å². The molecule has 3 rings (SSSR count). The molecule has 0 saturated heterocycles. The van der Waals surface area contributed by atoms with Crippen molar-refractivity contribution >= 4 is 23.0 Å². The fraction of sp³-hybridized carbons (Fsp3) is 0.0952. The van der Waals surface area contributed by atoms with E-state index < -0.39 is 0 Å². The van der Waals surface area contributed by atoms with Crippen molar-refractivity contribution in [3.05, 3.63) is 91.6 Å². The third-order valence-electron chi connectivity index (χ3n) is 3.15. The Labute approximate surface area is 142 Å². The molecule has 122 valence electrons. The zero-order valence-corrected chi connectivity index (χ0v) is 13.6. The van der Waals surface area contributed by atoms with Gasteiger partial charge in [0.2, 0.25) is 0 Å². The van der Waals surface area contributed by atoms with Crippen molar-refractivity contribution in [2.75, 3.05) is 0 Å². The van der Waals surface area contributed by atoms with E-state index in [0.29, 0.717) is 19.1 Å². The second kappa shape index (κ2) is 11.5. The first kappa shape index (κ1) is 19.0. The number of nitrogens with zero attached hydrogens (tertiary/aromatic N) is 1. The van der Waals surface area contributed by atoms with Crippen LogP contribution in [-0.4, -0.2) is 17.1 Å². The van der Waals surface area contributed by atoms with Gasteiger partial charge in [0.05, 0.1) is 5.52 Å². The summed E-state index contributed by atoms with van der Waals surface area (Å²) in [4.78, 5) is 24.8. The summed E-state index contributed by atoms with van der Waals surface area (Å²) >= 11 is 0. The van der Waals surface area contributed by atoms with Crippen LogP contribution in [-0.2, 0) is 16.0 Å². The van der Waals surface area contributed by atoms with Crippen LogP contribution in [0.5, 0.6) is 0 Å². The van der Waals surface area contributed by atoms with Gasteiger partial charge in [-0.15, -0.1) is 13.2 Å². The summed E-state index contributed by atoms with van der Waals surface area (Å²) in [5, 5.41) is 1.20. The van der Waals surface area contributed by atoms with E-state index in [0.717, 1.165) is 11.1 Å². The highest BCUT2D eigenvalue weighted by atomic mass is 16.2. The van der Waals surface area contributed by atoms with Crippen molar-refractivity contribution in [1.29, 1.82) is 0 Å². The first-order valence-electron chi connectivity index (χ1n) is 7.61. The van der Waals surface area contributed by atoms with E-state index in [2.05, 4.69) is 30.3 Å². The number of aryl methyl sites for hydroxylation is 1. The molecule has 0 unspecified atom stereocenters. The number of carbonyl (C=O) groups is 2. The molecule has 0 saturated carbocycles. The minimum atomic E-state index is -0.334. The highest BCUT2D eigenvalue weighted by Gasteiger charge is 1.98. The molecule has 0 spiro atoms. The normalized spacial score (nSPS) is 9.00. The average molecular weight is 319 g/mol. The number of hydrogen-bond donors (Lipinski definition) is 0. The fourth-order valence-electron chi connectivity index (χ4n) is 1.99. The third-order valence-corrected chi connectivity index (χ3v) is 3.15. The molecule has 1 aromatic heterocycles. The predicted molar refractivity (Wildman–Crippen MR) is 98.8 cm³/mol. The van der Waals surface area contributed by atoms with Crippen molar-refractivity contribution in [2.24, 2.45) is 0 Å². The van der Waals surface area contributed by atoms with Crippen LogP contribution < -0.4 is 0 Å². The van der Waals surface area contributed by atoms with Crippen LogP contribution in [0.3, 0.4) is 0 Å². The number of pyridine rings is 1. The van der Waals surface area contributed by atoms with E-state index >= 15 is 0 Å². The number of aromatic nitrogens is 1. The number of fused-ring (bicyclic) bond motifs is 1. The lowest BCUT2D eigenvalue weighted by Crippen LogP contribution is -2.00. The third kappa shape index (κ3) is 6.79. The maximum absolute atomic E-state index is 10.6. The number of carbonyl (C=O) groups excluding carboxylic acids is 2. The summed E-state index contributed by atoms with van der Waals surface area (Å²) in [6.45, 7) is 6.00. The van der Waals surface area contributed by atoms with Crippen LogP contribution in [0.1, 0.15) is 12.0 Å². The summed E-state index contributed by atoms with van der Waals surface area (Å²) in [6, 6.07) is 21.7. The molecular formula is C21H21NO2. The predicted octanol–water partition coefficient (Wildman–Crippen LogP) is 4.42. The maximum Gasteiger partial charge on any atom is 0.195 e. The molecule has 0 atom stereocenters. The summed E-state index contributed by atoms with van der Waals surface area (Å²) in [6.07, 6.45) is 3.15. The van der Waals surface area contributed by atoms with Crippen molar-refractivity contribution in [3.8, 4) is 0 Å². The zero-order chi connectivity index (χ0) is 17.6. The summed E-state index contributed by atoms with van der Waals surface area (Å²) in [5.74, 6) is -0.334. The van der Waals surface area contributed by atoms with E-state index in [1.54, 1.807) is 0 Å². The van der Waals surface area contributed by atoms with Crippen LogP contribution in [0, 0.1) is 0 Å². The molecule has 0 aliphatic carbocycles. The van der Waals surface area contributed by atoms with Crippen LogP contribution in [0.15, 0.2) is 86.1 Å². The van der Waals surface area contributed by atoms with Gasteiger partial charge in [0.25, 0.3) is 0 Å². The summed E-state index contributed by atoms with van der Waals surface area (Å²) in [5.41, 5.74) is 2.15. The lowest BCUT2D eigenvalue weighted by Gasteiger charge is -1.95. The Kier molecular flexibility index (Phi) is 9.09.